The van der Waals surface area contributed by atoms with E-state index in [1.807, 2.05) is 49.4 Å². The fourth-order valence-electron chi connectivity index (χ4n) is 5.08. The largest absolute Gasteiger partial charge is 0.337 e. The lowest BCUT2D eigenvalue weighted by atomic mass is 9.87. The van der Waals surface area contributed by atoms with E-state index in [4.69, 9.17) is 0 Å². The molecule has 180 valence electrons. The van der Waals surface area contributed by atoms with Gasteiger partial charge in [-0.3, -0.25) is 14.2 Å². The van der Waals surface area contributed by atoms with Gasteiger partial charge >= 0.3 is 5.69 Å². The van der Waals surface area contributed by atoms with Gasteiger partial charge in [0.15, 0.2) is 11.2 Å². The molecule has 4 aromatic rings. The number of carbonyl (C=O) groups is 1. The Labute approximate surface area is 203 Å². The molecule has 0 N–H and O–H groups in total. The third kappa shape index (κ3) is 4.09. The molecule has 1 amide bonds. The predicted molar refractivity (Wildman–Crippen MR) is 134 cm³/mol. The Kier molecular flexibility index (Phi) is 6.11. The number of amides is 1. The van der Waals surface area contributed by atoms with Crippen LogP contribution in [-0.2, 0) is 30.8 Å². The smallest absolute Gasteiger partial charge is 0.333 e. The van der Waals surface area contributed by atoms with Crippen LogP contribution in [0.1, 0.15) is 42.5 Å². The highest BCUT2D eigenvalue weighted by Crippen LogP contribution is 2.33. The first kappa shape index (κ1) is 22.8. The minimum absolute atomic E-state index is 0.0698. The SMILES string of the molecule is CCn1cnc2c1c(=O)n(CC(=O)N(C)C1CCCc3ccccc31)c(=O)n2Cc1ccccc1. The van der Waals surface area contributed by atoms with Crippen molar-refractivity contribution in [1.29, 1.82) is 0 Å². The van der Waals surface area contributed by atoms with Crippen molar-refractivity contribution in [3.05, 3.63) is 98.5 Å². The second-order valence-electron chi connectivity index (χ2n) is 9.06. The van der Waals surface area contributed by atoms with Crippen molar-refractivity contribution in [3.63, 3.8) is 0 Å². The number of imidazole rings is 1. The number of fused-ring (bicyclic) bond motifs is 2. The van der Waals surface area contributed by atoms with Crippen LogP contribution in [0.25, 0.3) is 11.2 Å². The molecule has 8 heteroatoms. The van der Waals surface area contributed by atoms with E-state index in [2.05, 4.69) is 17.1 Å². The molecule has 1 aliphatic rings. The summed E-state index contributed by atoms with van der Waals surface area (Å²) in [6.45, 7) is 2.39. The molecule has 0 aliphatic heterocycles. The van der Waals surface area contributed by atoms with Gasteiger partial charge in [0, 0.05) is 13.6 Å². The molecule has 0 bridgehead atoms. The van der Waals surface area contributed by atoms with Crippen LogP contribution >= 0.6 is 0 Å². The average Bonchev–Trinajstić information content (AvgIpc) is 3.33. The summed E-state index contributed by atoms with van der Waals surface area (Å²) in [5.74, 6) is -0.265. The summed E-state index contributed by atoms with van der Waals surface area (Å²) in [7, 11) is 1.76. The van der Waals surface area contributed by atoms with Crippen LogP contribution < -0.4 is 11.2 Å². The second-order valence-corrected chi connectivity index (χ2v) is 9.06. The summed E-state index contributed by atoms with van der Waals surface area (Å²) < 4.78 is 4.27. The molecule has 2 aromatic heterocycles. The normalized spacial score (nSPS) is 15.2. The Morgan fingerprint density at radius 1 is 1.06 bits per heavy atom. The molecule has 2 heterocycles. The summed E-state index contributed by atoms with van der Waals surface area (Å²) in [5, 5.41) is 0. The van der Waals surface area contributed by atoms with Crippen molar-refractivity contribution < 1.29 is 4.79 Å². The van der Waals surface area contributed by atoms with E-state index in [0.717, 1.165) is 35.0 Å². The zero-order valence-electron chi connectivity index (χ0n) is 20.1. The van der Waals surface area contributed by atoms with Gasteiger partial charge in [0.25, 0.3) is 5.56 Å². The number of likely N-dealkylation sites (N-methyl/N-ethyl adjacent to an activating group) is 1. The molecule has 1 aliphatic carbocycles. The van der Waals surface area contributed by atoms with Gasteiger partial charge in [0.2, 0.25) is 5.91 Å². The monoisotopic (exact) mass is 471 g/mol. The highest BCUT2D eigenvalue weighted by molar-refractivity contribution is 5.77. The lowest BCUT2D eigenvalue weighted by Gasteiger charge is -2.33. The first-order chi connectivity index (χ1) is 17.0. The molecule has 1 unspecified atom stereocenters. The summed E-state index contributed by atoms with van der Waals surface area (Å²) >= 11 is 0. The predicted octanol–water partition coefficient (Wildman–Crippen LogP) is 2.96. The van der Waals surface area contributed by atoms with E-state index in [-0.39, 0.29) is 25.0 Å². The summed E-state index contributed by atoms with van der Waals surface area (Å²) in [5.41, 5.74) is 2.96. The van der Waals surface area contributed by atoms with Crippen molar-refractivity contribution in [2.75, 3.05) is 7.05 Å². The topological polar surface area (TPSA) is 82.1 Å². The molecule has 8 nitrogen and oxygen atoms in total. The highest BCUT2D eigenvalue weighted by atomic mass is 16.2. The zero-order valence-corrected chi connectivity index (χ0v) is 20.1. The summed E-state index contributed by atoms with van der Waals surface area (Å²) in [4.78, 5) is 46.5. The Morgan fingerprint density at radius 3 is 2.57 bits per heavy atom. The van der Waals surface area contributed by atoms with Gasteiger partial charge in [0.1, 0.15) is 6.54 Å². The maximum atomic E-state index is 13.5. The lowest BCUT2D eigenvalue weighted by Crippen LogP contribution is -2.45. The quantitative estimate of drug-likeness (QED) is 0.433. The number of rotatable bonds is 6. The van der Waals surface area contributed by atoms with Gasteiger partial charge in [-0.05, 0) is 42.9 Å². The molecule has 1 atom stereocenters. The number of aromatic nitrogens is 4. The van der Waals surface area contributed by atoms with Crippen molar-refractivity contribution >= 4 is 17.1 Å². The number of nitrogens with zero attached hydrogens (tertiary/aromatic N) is 5. The van der Waals surface area contributed by atoms with E-state index in [1.165, 1.54) is 10.1 Å². The van der Waals surface area contributed by atoms with Crippen molar-refractivity contribution in [1.82, 2.24) is 23.6 Å². The molecule has 0 saturated heterocycles. The van der Waals surface area contributed by atoms with Crippen LogP contribution in [0.5, 0.6) is 0 Å². The minimum Gasteiger partial charge on any atom is -0.337 e. The van der Waals surface area contributed by atoms with Crippen molar-refractivity contribution in [2.45, 2.75) is 51.9 Å². The minimum atomic E-state index is -0.529. The molecule has 0 spiro atoms. The first-order valence-corrected chi connectivity index (χ1v) is 12.1. The molecule has 35 heavy (non-hydrogen) atoms. The number of aryl methyl sites for hydroxylation is 2. The van der Waals surface area contributed by atoms with Crippen molar-refractivity contribution in [2.24, 2.45) is 0 Å². The number of benzene rings is 2. The molecule has 2 aromatic carbocycles. The first-order valence-electron chi connectivity index (χ1n) is 12.1. The van der Waals surface area contributed by atoms with Gasteiger partial charge in [0.05, 0.1) is 18.9 Å². The van der Waals surface area contributed by atoms with Crippen LogP contribution in [0, 0.1) is 0 Å². The van der Waals surface area contributed by atoms with Crippen LogP contribution in [0.2, 0.25) is 0 Å². The van der Waals surface area contributed by atoms with E-state index in [1.54, 1.807) is 22.8 Å². The maximum Gasteiger partial charge on any atom is 0.333 e. The number of carbonyl (C=O) groups excluding carboxylic acids is 1. The Hall–Kier alpha value is -3.94. The Balaban J connectivity index is 1.55. The van der Waals surface area contributed by atoms with Crippen LogP contribution in [0.3, 0.4) is 0 Å². The van der Waals surface area contributed by atoms with Gasteiger partial charge in [-0.2, -0.15) is 0 Å². The number of hydrogen-bond donors (Lipinski definition) is 0. The van der Waals surface area contributed by atoms with E-state index in [9.17, 15) is 14.4 Å². The molecule has 0 radical (unpaired) electrons. The second kappa shape index (κ2) is 9.37. The molecule has 5 rings (SSSR count). The Bertz CT molecular complexity index is 1500. The standard InChI is InChI=1S/C27H29N5O3/c1-3-30-18-28-25-24(30)26(34)32(27(35)31(25)16-19-10-5-4-6-11-19)17-23(33)29(2)22-15-9-13-20-12-7-8-14-21(20)22/h4-8,10-12,14,18,22H,3,9,13,15-17H2,1-2H3. The fraction of sp³-hybridized carbons (Fsp3) is 0.333. The third-order valence-electron chi connectivity index (χ3n) is 7.00. The van der Waals surface area contributed by atoms with E-state index >= 15 is 0 Å². The summed E-state index contributed by atoms with van der Waals surface area (Å²) in [6, 6.07) is 17.7. The third-order valence-corrected chi connectivity index (χ3v) is 7.00. The zero-order chi connectivity index (χ0) is 24.5. The fourth-order valence-corrected chi connectivity index (χ4v) is 5.08. The van der Waals surface area contributed by atoms with Gasteiger partial charge in [-0.15, -0.1) is 0 Å². The van der Waals surface area contributed by atoms with Crippen LogP contribution in [0.4, 0.5) is 0 Å². The van der Waals surface area contributed by atoms with Crippen LogP contribution in [0.15, 0.2) is 70.5 Å². The Morgan fingerprint density at radius 2 is 1.80 bits per heavy atom. The average molecular weight is 472 g/mol. The molecular weight excluding hydrogens is 442 g/mol. The lowest BCUT2D eigenvalue weighted by molar-refractivity contribution is -0.133. The number of hydrogen-bond acceptors (Lipinski definition) is 4. The molecule has 0 fully saturated rings. The summed E-state index contributed by atoms with van der Waals surface area (Å²) in [6.07, 6.45) is 4.42. The highest BCUT2D eigenvalue weighted by Gasteiger charge is 2.28. The maximum absolute atomic E-state index is 13.5. The van der Waals surface area contributed by atoms with E-state index < -0.39 is 11.2 Å². The van der Waals surface area contributed by atoms with Gasteiger partial charge < -0.3 is 9.47 Å². The molecule has 0 saturated carbocycles. The van der Waals surface area contributed by atoms with Gasteiger partial charge in [-0.1, -0.05) is 54.6 Å². The van der Waals surface area contributed by atoms with Crippen LogP contribution in [-0.4, -0.2) is 36.5 Å². The molecular formula is C27H29N5O3. The van der Waals surface area contributed by atoms with Crippen molar-refractivity contribution in [3.8, 4) is 0 Å². The van der Waals surface area contributed by atoms with Gasteiger partial charge in [-0.25, -0.2) is 14.3 Å². The van der Waals surface area contributed by atoms with E-state index in [0.29, 0.717) is 17.7 Å².